The number of imide groups is 1. The molecule has 2 saturated carbocycles. The molecular formula is C21H23NO6. The van der Waals surface area contributed by atoms with Crippen molar-refractivity contribution in [1.29, 1.82) is 0 Å². The SMILES string of the molecule is COc1ccc(C(=O)COC(=O)CCN2C(=O)[C@@H]3[C@H]4CC[C@H](C4)[C@@H]3C2=O)cc1. The summed E-state index contributed by atoms with van der Waals surface area (Å²) in [6.07, 6.45) is 2.93. The molecule has 1 saturated heterocycles. The second kappa shape index (κ2) is 7.37. The van der Waals surface area contributed by atoms with E-state index < -0.39 is 5.97 Å². The third-order valence-electron chi connectivity index (χ3n) is 6.33. The summed E-state index contributed by atoms with van der Waals surface area (Å²) in [6.45, 7) is -0.345. The van der Waals surface area contributed by atoms with Crippen molar-refractivity contribution in [3.63, 3.8) is 0 Å². The van der Waals surface area contributed by atoms with Gasteiger partial charge in [-0.15, -0.1) is 0 Å². The average molecular weight is 385 g/mol. The van der Waals surface area contributed by atoms with E-state index in [2.05, 4.69) is 0 Å². The summed E-state index contributed by atoms with van der Waals surface area (Å²) in [5.41, 5.74) is 0.418. The lowest BCUT2D eigenvalue weighted by atomic mass is 9.81. The minimum Gasteiger partial charge on any atom is -0.497 e. The summed E-state index contributed by atoms with van der Waals surface area (Å²) in [5.74, 6) is -0.271. The fraction of sp³-hybridized carbons (Fsp3) is 0.524. The first-order valence-corrected chi connectivity index (χ1v) is 9.67. The predicted octanol–water partition coefficient (Wildman–Crippen LogP) is 1.84. The maximum Gasteiger partial charge on any atom is 0.308 e. The van der Waals surface area contributed by atoms with Crippen molar-refractivity contribution >= 4 is 23.6 Å². The molecule has 2 bridgehead atoms. The highest BCUT2D eigenvalue weighted by molar-refractivity contribution is 6.06. The van der Waals surface area contributed by atoms with Gasteiger partial charge in [0.2, 0.25) is 11.8 Å². The van der Waals surface area contributed by atoms with Gasteiger partial charge in [0.1, 0.15) is 5.75 Å². The van der Waals surface area contributed by atoms with Gasteiger partial charge in [-0.2, -0.15) is 0 Å². The molecule has 7 heteroatoms. The fourth-order valence-electron chi connectivity index (χ4n) is 4.97. The first-order valence-electron chi connectivity index (χ1n) is 9.67. The van der Waals surface area contributed by atoms with E-state index in [1.807, 2.05) is 0 Å². The van der Waals surface area contributed by atoms with Gasteiger partial charge in [-0.25, -0.2) is 0 Å². The summed E-state index contributed by atoms with van der Waals surface area (Å²) < 4.78 is 10.1. The molecule has 0 spiro atoms. The van der Waals surface area contributed by atoms with Crippen LogP contribution in [0.3, 0.4) is 0 Å². The van der Waals surface area contributed by atoms with Crippen LogP contribution >= 0.6 is 0 Å². The van der Waals surface area contributed by atoms with Crippen molar-refractivity contribution in [3.05, 3.63) is 29.8 Å². The molecule has 1 heterocycles. The Hall–Kier alpha value is -2.70. The molecule has 4 rings (SSSR count). The van der Waals surface area contributed by atoms with Gasteiger partial charge in [0.15, 0.2) is 12.4 Å². The van der Waals surface area contributed by atoms with Crippen LogP contribution in [-0.2, 0) is 19.1 Å². The van der Waals surface area contributed by atoms with Gasteiger partial charge in [0.05, 0.1) is 25.4 Å². The molecule has 0 aromatic heterocycles. The van der Waals surface area contributed by atoms with Crippen molar-refractivity contribution in [3.8, 4) is 5.75 Å². The summed E-state index contributed by atoms with van der Waals surface area (Å²) >= 11 is 0. The number of ether oxygens (including phenoxy) is 2. The Morgan fingerprint density at radius 3 is 2.21 bits per heavy atom. The minimum atomic E-state index is -0.595. The van der Waals surface area contributed by atoms with Crippen LogP contribution in [0, 0.1) is 23.7 Å². The molecule has 28 heavy (non-hydrogen) atoms. The van der Waals surface area contributed by atoms with Gasteiger partial charge >= 0.3 is 5.97 Å². The molecule has 148 valence electrons. The van der Waals surface area contributed by atoms with Crippen LogP contribution in [-0.4, -0.2) is 48.7 Å². The molecule has 2 aliphatic carbocycles. The van der Waals surface area contributed by atoms with Crippen LogP contribution in [0.1, 0.15) is 36.0 Å². The number of hydrogen-bond acceptors (Lipinski definition) is 6. The third kappa shape index (κ3) is 3.19. The first kappa shape index (κ1) is 18.7. The number of Topliss-reactive ketones (excluding diaryl/α,β-unsaturated/α-hetero) is 1. The lowest BCUT2D eigenvalue weighted by Gasteiger charge is -2.19. The second-order valence-corrected chi connectivity index (χ2v) is 7.78. The Bertz CT molecular complexity index is 789. The number of ketones is 1. The fourth-order valence-corrected chi connectivity index (χ4v) is 4.97. The second-order valence-electron chi connectivity index (χ2n) is 7.78. The van der Waals surface area contributed by atoms with Gasteiger partial charge in [0, 0.05) is 12.1 Å². The number of nitrogens with zero attached hydrogens (tertiary/aromatic N) is 1. The Labute approximate surface area is 163 Å². The summed E-state index contributed by atoms with van der Waals surface area (Å²) in [4.78, 5) is 50.5. The highest BCUT2D eigenvalue weighted by Crippen LogP contribution is 2.56. The average Bonchev–Trinajstić information content (AvgIpc) is 3.39. The molecular weight excluding hydrogens is 362 g/mol. The molecule has 0 radical (unpaired) electrons. The molecule has 3 fully saturated rings. The number of amides is 2. The summed E-state index contributed by atoms with van der Waals surface area (Å²) in [6, 6.07) is 6.51. The van der Waals surface area contributed by atoms with Crippen molar-refractivity contribution in [2.75, 3.05) is 20.3 Å². The molecule has 7 nitrogen and oxygen atoms in total. The normalized spacial score (nSPS) is 27.8. The number of methoxy groups -OCH3 is 1. The highest BCUT2D eigenvalue weighted by Gasteiger charge is 2.60. The zero-order chi connectivity index (χ0) is 19.8. The lowest BCUT2D eigenvalue weighted by Crippen LogP contribution is -2.35. The molecule has 0 N–H and O–H groups in total. The van der Waals surface area contributed by atoms with E-state index >= 15 is 0 Å². The van der Waals surface area contributed by atoms with E-state index in [1.165, 1.54) is 12.0 Å². The zero-order valence-corrected chi connectivity index (χ0v) is 15.8. The Morgan fingerprint density at radius 1 is 1.04 bits per heavy atom. The van der Waals surface area contributed by atoms with E-state index in [4.69, 9.17) is 9.47 Å². The monoisotopic (exact) mass is 385 g/mol. The van der Waals surface area contributed by atoms with E-state index in [-0.39, 0.29) is 49.0 Å². The molecule has 1 aliphatic heterocycles. The number of carbonyl (C=O) groups excluding carboxylic acids is 4. The first-order chi connectivity index (χ1) is 13.5. The number of likely N-dealkylation sites (tertiary alicyclic amines) is 1. The topological polar surface area (TPSA) is 90.0 Å². The number of esters is 1. The Balaban J connectivity index is 1.26. The van der Waals surface area contributed by atoms with Gasteiger partial charge in [-0.3, -0.25) is 24.1 Å². The van der Waals surface area contributed by atoms with Gasteiger partial charge in [-0.1, -0.05) is 0 Å². The van der Waals surface area contributed by atoms with Crippen molar-refractivity contribution in [2.45, 2.75) is 25.7 Å². The van der Waals surface area contributed by atoms with Crippen molar-refractivity contribution in [1.82, 2.24) is 4.90 Å². The Morgan fingerprint density at radius 2 is 1.64 bits per heavy atom. The molecule has 3 aliphatic rings. The smallest absolute Gasteiger partial charge is 0.308 e. The van der Waals surface area contributed by atoms with Crippen LogP contribution in [0.25, 0.3) is 0 Å². The molecule has 1 aromatic rings. The molecule has 0 unspecified atom stereocenters. The molecule has 2 amide bonds. The van der Waals surface area contributed by atoms with Gasteiger partial charge in [-0.05, 0) is 55.4 Å². The number of benzene rings is 1. The van der Waals surface area contributed by atoms with Gasteiger partial charge in [0.25, 0.3) is 0 Å². The van der Waals surface area contributed by atoms with Crippen LogP contribution in [0.5, 0.6) is 5.75 Å². The third-order valence-corrected chi connectivity index (χ3v) is 6.33. The minimum absolute atomic E-state index is 0.0274. The number of rotatable bonds is 7. The Kier molecular flexibility index (Phi) is 4.91. The van der Waals surface area contributed by atoms with E-state index in [9.17, 15) is 19.2 Å². The largest absolute Gasteiger partial charge is 0.497 e. The molecule has 1 aromatic carbocycles. The number of carbonyl (C=O) groups is 4. The quantitative estimate of drug-likeness (QED) is 0.404. The zero-order valence-electron chi connectivity index (χ0n) is 15.8. The van der Waals surface area contributed by atoms with Crippen LogP contribution in [0.2, 0.25) is 0 Å². The maximum absolute atomic E-state index is 12.6. The van der Waals surface area contributed by atoms with Crippen LogP contribution in [0.4, 0.5) is 0 Å². The van der Waals surface area contributed by atoms with E-state index in [1.54, 1.807) is 24.3 Å². The summed E-state index contributed by atoms with van der Waals surface area (Å²) in [7, 11) is 1.53. The highest BCUT2D eigenvalue weighted by atomic mass is 16.5. The van der Waals surface area contributed by atoms with Crippen LogP contribution < -0.4 is 4.74 Å². The predicted molar refractivity (Wildman–Crippen MR) is 97.4 cm³/mol. The van der Waals surface area contributed by atoms with Gasteiger partial charge < -0.3 is 9.47 Å². The number of hydrogen-bond donors (Lipinski definition) is 0. The van der Waals surface area contributed by atoms with E-state index in [0.29, 0.717) is 23.1 Å². The standard InChI is InChI=1S/C21H23NO6/c1-27-15-6-4-12(5-7-15)16(23)11-28-17(24)8-9-22-20(25)18-13-2-3-14(10-13)19(18)21(22)26/h4-7,13-14,18-19H,2-3,8-11H2,1H3/t13-,14+,18+,19-. The van der Waals surface area contributed by atoms with Crippen molar-refractivity contribution in [2.24, 2.45) is 23.7 Å². The maximum atomic E-state index is 12.6. The molecule has 4 atom stereocenters. The van der Waals surface area contributed by atoms with Crippen LogP contribution in [0.15, 0.2) is 24.3 Å². The summed E-state index contributed by atoms with van der Waals surface area (Å²) in [5, 5.41) is 0. The van der Waals surface area contributed by atoms with E-state index in [0.717, 1.165) is 19.3 Å². The van der Waals surface area contributed by atoms with Crippen molar-refractivity contribution < 1.29 is 28.7 Å². The lowest BCUT2D eigenvalue weighted by molar-refractivity contribution is -0.145. The number of fused-ring (bicyclic) bond motifs is 5.